The van der Waals surface area contributed by atoms with Gasteiger partial charge in [0.1, 0.15) is 5.01 Å². The topological polar surface area (TPSA) is 61.8 Å². The lowest BCUT2D eigenvalue weighted by molar-refractivity contribution is -0.0704. The average Bonchev–Trinajstić information content (AvgIpc) is 3.09. The molecule has 1 fully saturated rings. The zero-order valence-corrected chi connectivity index (χ0v) is 21.5. The Balaban J connectivity index is 0.00000320. The third kappa shape index (κ3) is 8.13. The Morgan fingerprint density at radius 2 is 1.83 bits per heavy atom. The van der Waals surface area contributed by atoms with Gasteiger partial charge in [-0.1, -0.05) is 24.3 Å². The maximum absolute atomic E-state index is 5.83. The van der Waals surface area contributed by atoms with Crippen molar-refractivity contribution in [2.45, 2.75) is 59.5 Å². The third-order valence-corrected chi connectivity index (χ3v) is 5.68. The first-order valence-electron chi connectivity index (χ1n) is 10.4. The van der Waals surface area contributed by atoms with Crippen LogP contribution >= 0.6 is 35.3 Å². The Labute approximate surface area is 201 Å². The number of ether oxygens (including phenoxy) is 1. The van der Waals surface area contributed by atoms with E-state index >= 15 is 0 Å². The van der Waals surface area contributed by atoms with E-state index in [1.54, 1.807) is 11.3 Å². The molecule has 0 amide bonds. The number of aryl methyl sites for hydroxylation is 1. The van der Waals surface area contributed by atoms with Gasteiger partial charge in [-0.15, -0.1) is 35.3 Å². The van der Waals surface area contributed by atoms with Gasteiger partial charge in [0, 0.05) is 37.3 Å². The van der Waals surface area contributed by atoms with E-state index in [-0.39, 0.29) is 24.0 Å². The molecule has 0 aliphatic carbocycles. The molecule has 0 radical (unpaired) electrons. The number of nitrogens with one attached hydrogen (secondary N) is 2. The Kier molecular flexibility index (Phi) is 10.5. The van der Waals surface area contributed by atoms with Gasteiger partial charge >= 0.3 is 0 Å². The van der Waals surface area contributed by atoms with Crippen LogP contribution < -0.4 is 10.6 Å². The van der Waals surface area contributed by atoms with Crippen LogP contribution in [0.5, 0.6) is 0 Å². The molecule has 2 unspecified atom stereocenters. The Hall–Kier alpha value is -1.23. The Bertz CT molecular complexity index is 785. The predicted molar refractivity (Wildman–Crippen MR) is 136 cm³/mol. The zero-order valence-electron chi connectivity index (χ0n) is 18.4. The molecule has 6 nitrogen and oxygen atoms in total. The van der Waals surface area contributed by atoms with Crippen molar-refractivity contribution >= 4 is 41.3 Å². The van der Waals surface area contributed by atoms with E-state index in [9.17, 15) is 0 Å². The number of rotatable bonds is 7. The van der Waals surface area contributed by atoms with Crippen molar-refractivity contribution in [3.8, 4) is 0 Å². The van der Waals surface area contributed by atoms with Gasteiger partial charge in [0.15, 0.2) is 5.96 Å². The summed E-state index contributed by atoms with van der Waals surface area (Å²) in [4.78, 5) is 12.8. The highest BCUT2D eigenvalue weighted by Crippen LogP contribution is 2.15. The molecule has 2 heterocycles. The maximum atomic E-state index is 5.83. The fraction of sp³-hybridized carbons (Fsp3) is 0.545. The number of nitrogens with zero attached hydrogens (tertiary/aromatic N) is 3. The van der Waals surface area contributed by atoms with Crippen molar-refractivity contribution in [3.63, 3.8) is 0 Å². The van der Waals surface area contributed by atoms with Crippen LogP contribution in [0.15, 0.2) is 35.5 Å². The molecule has 2 atom stereocenters. The third-order valence-electron chi connectivity index (χ3n) is 4.76. The van der Waals surface area contributed by atoms with Gasteiger partial charge in [-0.05, 0) is 38.8 Å². The molecule has 0 spiro atoms. The monoisotopic (exact) mass is 543 g/mol. The normalized spacial score (nSPS) is 19.9. The Morgan fingerprint density at radius 3 is 2.43 bits per heavy atom. The molecule has 1 aromatic carbocycles. The largest absolute Gasteiger partial charge is 0.373 e. The van der Waals surface area contributed by atoms with E-state index in [1.807, 2.05) is 6.20 Å². The highest BCUT2D eigenvalue weighted by atomic mass is 127. The zero-order chi connectivity index (χ0) is 20.6. The number of aliphatic imine (C=N–C) groups is 1. The van der Waals surface area contributed by atoms with Crippen LogP contribution in [-0.4, -0.2) is 47.7 Å². The molecule has 0 saturated carbocycles. The van der Waals surface area contributed by atoms with E-state index in [4.69, 9.17) is 9.73 Å². The SMILES string of the molecule is CCNC(=NCc1ccc(CN2CC(C)OC(C)C2)cc1)NCc1ncc(C)s1.I. The first-order valence-corrected chi connectivity index (χ1v) is 11.2. The van der Waals surface area contributed by atoms with Gasteiger partial charge in [0.05, 0.1) is 25.3 Å². The van der Waals surface area contributed by atoms with E-state index in [0.717, 1.165) is 37.1 Å². The molecule has 166 valence electrons. The second-order valence-electron chi connectivity index (χ2n) is 7.68. The van der Waals surface area contributed by atoms with Crippen LogP contribution in [0, 0.1) is 6.92 Å². The first-order chi connectivity index (χ1) is 14.0. The van der Waals surface area contributed by atoms with Crippen LogP contribution in [0.1, 0.15) is 41.8 Å². The van der Waals surface area contributed by atoms with Gasteiger partial charge in [-0.3, -0.25) is 4.90 Å². The minimum atomic E-state index is 0. The maximum Gasteiger partial charge on any atom is 0.191 e. The minimum absolute atomic E-state index is 0. The smallest absolute Gasteiger partial charge is 0.191 e. The number of hydrogen-bond acceptors (Lipinski definition) is 5. The van der Waals surface area contributed by atoms with Crippen molar-refractivity contribution in [3.05, 3.63) is 51.5 Å². The van der Waals surface area contributed by atoms with Gasteiger partial charge in [0.2, 0.25) is 0 Å². The average molecular weight is 544 g/mol. The summed E-state index contributed by atoms with van der Waals surface area (Å²) >= 11 is 1.71. The second-order valence-corrected chi connectivity index (χ2v) is 9.00. The molecule has 1 saturated heterocycles. The number of hydrogen-bond donors (Lipinski definition) is 2. The molecule has 2 N–H and O–H groups in total. The van der Waals surface area contributed by atoms with Gasteiger partial charge in [-0.2, -0.15) is 0 Å². The number of thiazole rings is 1. The summed E-state index contributed by atoms with van der Waals surface area (Å²) in [5.74, 6) is 0.820. The Morgan fingerprint density at radius 1 is 1.17 bits per heavy atom. The summed E-state index contributed by atoms with van der Waals surface area (Å²) in [6.07, 6.45) is 2.52. The molecule has 30 heavy (non-hydrogen) atoms. The molecular formula is C22H34IN5OS. The fourth-order valence-electron chi connectivity index (χ4n) is 3.58. The molecule has 1 aliphatic rings. The molecule has 1 aliphatic heterocycles. The summed E-state index contributed by atoms with van der Waals surface area (Å²) in [7, 11) is 0. The number of halogens is 1. The standard InChI is InChI=1S/C22H33N5OS.HI/c1-5-23-22(26-12-21-24-10-18(4)29-21)25-11-19-6-8-20(9-7-19)15-27-13-16(2)28-17(3)14-27;/h6-10,16-17H,5,11-15H2,1-4H3,(H2,23,25,26);1H. The van der Waals surface area contributed by atoms with E-state index in [1.165, 1.54) is 16.0 Å². The van der Waals surface area contributed by atoms with E-state index in [0.29, 0.717) is 25.3 Å². The summed E-state index contributed by atoms with van der Waals surface area (Å²) in [6, 6.07) is 8.79. The number of benzene rings is 1. The van der Waals surface area contributed by atoms with Crippen LogP contribution in [-0.2, 0) is 24.4 Å². The lowest BCUT2D eigenvalue weighted by atomic mass is 10.1. The van der Waals surface area contributed by atoms with Gasteiger partial charge in [0.25, 0.3) is 0 Å². The molecular weight excluding hydrogens is 509 g/mol. The molecule has 2 aromatic rings. The van der Waals surface area contributed by atoms with Crippen molar-refractivity contribution in [1.29, 1.82) is 0 Å². The second kappa shape index (κ2) is 12.6. The van der Waals surface area contributed by atoms with E-state index in [2.05, 4.69) is 72.5 Å². The quantitative estimate of drug-likeness (QED) is 0.315. The first kappa shape index (κ1) is 25.0. The van der Waals surface area contributed by atoms with Crippen LogP contribution in [0.4, 0.5) is 0 Å². The summed E-state index contributed by atoms with van der Waals surface area (Å²) in [5.41, 5.74) is 2.54. The summed E-state index contributed by atoms with van der Waals surface area (Å²) in [6.45, 7) is 13.6. The van der Waals surface area contributed by atoms with Crippen LogP contribution in [0.25, 0.3) is 0 Å². The van der Waals surface area contributed by atoms with Crippen molar-refractivity contribution in [2.75, 3.05) is 19.6 Å². The van der Waals surface area contributed by atoms with Crippen LogP contribution in [0.2, 0.25) is 0 Å². The van der Waals surface area contributed by atoms with Crippen LogP contribution in [0.3, 0.4) is 0 Å². The lowest BCUT2D eigenvalue weighted by Crippen LogP contribution is -2.44. The van der Waals surface area contributed by atoms with Crippen molar-refractivity contribution in [1.82, 2.24) is 20.5 Å². The van der Waals surface area contributed by atoms with E-state index < -0.39 is 0 Å². The summed E-state index contributed by atoms with van der Waals surface area (Å²) < 4.78 is 5.83. The van der Waals surface area contributed by atoms with Crippen molar-refractivity contribution < 1.29 is 4.74 Å². The minimum Gasteiger partial charge on any atom is -0.373 e. The number of morpholine rings is 1. The molecule has 1 aromatic heterocycles. The lowest BCUT2D eigenvalue weighted by Gasteiger charge is -2.35. The molecule has 0 bridgehead atoms. The fourth-order valence-corrected chi connectivity index (χ4v) is 4.30. The molecule has 3 rings (SSSR count). The highest BCUT2D eigenvalue weighted by molar-refractivity contribution is 14.0. The molecule has 8 heteroatoms. The number of guanidine groups is 1. The predicted octanol–water partition coefficient (Wildman–Crippen LogP) is 3.93. The van der Waals surface area contributed by atoms with Gasteiger partial charge in [-0.25, -0.2) is 9.98 Å². The van der Waals surface area contributed by atoms with Crippen molar-refractivity contribution in [2.24, 2.45) is 4.99 Å². The summed E-state index contributed by atoms with van der Waals surface area (Å²) in [5, 5.41) is 7.74. The van der Waals surface area contributed by atoms with Gasteiger partial charge < -0.3 is 15.4 Å². The number of aromatic nitrogens is 1. The highest BCUT2D eigenvalue weighted by Gasteiger charge is 2.21.